The maximum absolute atomic E-state index is 11.6. The molecule has 7 nitrogen and oxygen atoms in total. The molecule has 0 radical (unpaired) electrons. The molecule has 3 heterocycles. The Labute approximate surface area is 110 Å². The normalized spacial score (nSPS) is 25.1. The van der Waals surface area contributed by atoms with Crippen LogP contribution in [0.1, 0.15) is 10.5 Å². The predicted octanol–water partition coefficient (Wildman–Crippen LogP) is -0.555. The molecular formula is C12H14N4O3. The van der Waals surface area contributed by atoms with E-state index in [1.807, 2.05) is 4.90 Å². The molecule has 0 aromatic carbocycles. The highest BCUT2D eigenvalue weighted by molar-refractivity contribution is 5.86. The second kappa shape index (κ2) is 4.49. The Bertz CT molecular complexity index is 516. The number of methoxy groups -OCH3 is 1. The first-order valence-electron chi connectivity index (χ1n) is 6.12. The van der Waals surface area contributed by atoms with Gasteiger partial charge in [-0.15, -0.1) is 0 Å². The Balaban J connectivity index is 1.74. The van der Waals surface area contributed by atoms with Crippen molar-refractivity contribution < 1.29 is 14.3 Å². The average Bonchev–Trinajstić information content (AvgIpc) is 3.01. The number of esters is 1. The highest BCUT2D eigenvalue weighted by atomic mass is 16.5. The summed E-state index contributed by atoms with van der Waals surface area (Å²) in [5.74, 6) is 0.690. The van der Waals surface area contributed by atoms with E-state index in [1.54, 1.807) is 6.20 Å². The molecule has 1 aromatic heterocycles. The highest BCUT2D eigenvalue weighted by Gasteiger charge is 2.42. The van der Waals surface area contributed by atoms with Gasteiger partial charge >= 0.3 is 5.97 Å². The maximum atomic E-state index is 11.6. The second-order valence-electron chi connectivity index (χ2n) is 4.77. The van der Waals surface area contributed by atoms with E-state index in [2.05, 4.69) is 20.0 Å². The molecule has 1 N–H and O–H groups in total. The fraction of sp³-hybridized carbons (Fsp3) is 0.500. The van der Waals surface area contributed by atoms with Crippen LogP contribution in [-0.2, 0) is 9.53 Å². The number of hydrogen-bond acceptors (Lipinski definition) is 6. The molecule has 100 valence electrons. The summed E-state index contributed by atoms with van der Waals surface area (Å²) >= 11 is 0. The number of anilines is 1. The van der Waals surface area contributed by atoms with Crippen molar-refractivity contribution in [2.45, 2.75) is 0 Å². The van der Waals surface area contributed by atoms with Gasteiger partial charge in [0.2, 0.25) is 5.91 Å². The molecule has 2 saturated heterocycles. The molecule has 0 aliphatic carbocycles. The van der Waals surface area contributed by atoms with Crippen LogP contribution in [0.5, 0.6) is 0 Å². The van der Waals surface area contributed by atoms with Crippen LogP contribution in [0.15, 0.2) is 12.4 Å². The minimum absolute atomic E-state index is 0.0436. The van der Waals surface area contributed by atoms with Gasteiger partial charge in [-0.3, -0.25) is 4.79 Å². The van der Waals surface area contributed by atoms with E-state index < -0.39 is 5.97 Å². The Morgan fingerprint density at radius 2 is 2.26 bits per heavy atom. The monoisotopic (exact) mass is 262 g/mol. The van der Waals surface area contributed by atoms with Gasteiger partial charge in [0.25, 0.3) is 0 Å². The van der Waals surface area contributed by atoms with E-state index in [-0.39, 0.29) is 17.5 Å². The van der Waals surface area contributed by atoms with E-state index in [1.165, 1.54) is 13.3 Å². The highest BCUT2D eigenvalue weighted by Crippen LogP contribution is 2.29. The zero-order valence-corrected chi connectivity index (χ0v) is 10.5. The van der Waals surface area contributed by atoms with Crippen LogP contribution < -0.4 is 10.2 Å². The first-order chi connectivity index (χ1) is 9.19. The van der Waals surface area contributed by atoms with Gasteiger partial charge in [0.1, 0.15) is 5.82 Å². The summed E-state index contributed by atoms with van der Waals surface area (Å²) in [5, 5.41) is 2.86. The predicted molar refractivity (Wildman–Crippen MR) is 65.6 cm³/mol. The van der Waals surface area contributed by atoms with Gasteiger partial charge < -0.3 is 15.0 Å². The summed E-state index contributed by atoms with van der Waals surface area (Å²) < 4.78 is 4.57. The Morgan fingerprint density at radius 1 is 1.42 bits per heavy atom. The number of nitrogens with one attached hydrogen (secondary N) is 1. The number of ether oxygens (including phenoxy) is 1. The van der Waals surface area contributed by atoms with Crippen LogP contribution in [-0.4, -0.2) is 48.6 Å². The number of nitrogens with zero attached hydrogens (tertiary/aromatic N) is 3. The van der Waals surface area contributed by atoms with E-state index in [0.29, 0.717) is 18.3 Å². The molecule has 1 aromatic rings. The van der Waals surface area contributed by atoms with E-state index >= 15 is 0 Å². The fourth-order valence-electron chi connectivity index (χ4n) is 2.62. The lowest BCUT2D eigenvalue weighted by atomic mass is 10.0. The van der Waals surface area contributed by atoms with Crippen molar-refractivity contribution in [3.63, 3.8) is 0 Å². The minimum atomic E-state index is -0.503. The molecule has 19 heavy (non-hydrogen) atoms. The largest absolute Gasteiger partial charge is 0.464 e. The van der Waals surface area contributed by atoms with Crippen molar-refractivity contribution in [3.05, 3.63) is 18.1 Å². The lowest BCUT2D eigenvalue weighted by Gasteiger charge is -2.17. The Hall–Kier alpha value is -2.18. The Morgan fingerprint density at radius 3 is 2.89 bits per heavy atom. The summed E-state index contributed by atoms with van der Waals surface area (Å²) in [6.45, 7) is 2.17. The van der Waals surface area contributed by atoms with Crippen molar-refractivity contribution in [2.24, 2.45) is 11.8 Å². The second-order valence-corrected chi connectivity index (χ2v) is 4.77. The van der Waals surface area contributed by atoms with Crippen molar-refractivity contribution in [3.8, 4) is 0 Å². The van der Waals surface area contributed by atoms with Crippen LogP contribution in [0.3, 0.4) is 0 Å². The summed E-state index contributed by atoms with van der Waals surface area (Å²) in [6, 6.07) is 0. The lowest BCUT2D eigenvalue weighted by Crippen LogP contribution is -2.29. The van der Waals surface area contributed by atoms with Crippen molar-refractivity contribution >= 4 is 17.7 Å². The number of amides is 1. The summed E-state index contributed by atoms with van der Waals surface area (Å²) in [5.41, 5.74) is 0.184. The van der Waals surface area contributed by atoms with Gasteiger partial charge in [0.15, 0.2) is 5.69 Å². The van der Waals surface area contributed by atoms with Crippen LogP contribution >= 0.6 is 0 Å². The summed E-state index contributed by atoms with van der Waals surface area (Å²) in [4.78, 5) is 33.1. The number of fused-ring (bicyclic) bond motifs is 1. The maximum Gasteiger partial charge on any atom is 0.358 e. The van der Waals surface area contributed by atoms with E-state index in [4.69, 9.17) is 0 Å². The van der Waals surface area contributed by atoms with Crippen LogP contribution in [0.2, 0.25) is 0 Å². The lowest BCUT2D eigenvalue weighted by molar-refractivity contribution is -0.122. The van der Waals surface area contributed by atoms with Crippen molar-refractivity contribution in [1.82, 2.24) is 15.3 Å². The molecule has 2 fully saturated rings. The number of carbonyl (C=O) groups excluding carboxylic acids is 2. The standard InChI is InChI=1S/C12H14N4O3/c1-19-12(18)9-3-14-10(4-13-9)16-5-7-2-15-11(17)8(7)6-16/h3-4,7-8H,2,5-6H2,1H3,(H,15,17)/t7-,8+/m0/s1. The molecular weight excluding hydrogens is 248 g/mol. The van der Waals surface area contributed by atoms with Crippen LogP contribution in [0.25, 0.3) is 0 Å². The summed E-state index contributed by atoms with van der Waals surface area (Å²) in [7, 11) is 1.30. The van der Waals surface area contributed by atoms with Crippen molar-refractivity contribution in [1.29, 1.82) is 0 Å². The molecule has 0 saturated carbocycles. The average molecular weight is 262 g/mol. The zero-order valence-electron chi connectivity index (χ0n) is 10.5. The molecule has 2 aliphatic rings. The van der Waals surface area contributed by atoms with Gasteiger partial charge in [0, 0.05) is 25.6 Å². The molecule has 0 spiro atoms. The number of aromatic nitrogens is 2. The Kier molecular flexibility index (Phi) is 2.81. The van der Waals surface area contributed by atoms with Crippen LogP contribution in [0, 0.1) is 11.8 Å². The number of carbonyl (C=O) groups is 2. The molecule has 1 amide bonds. The van der Waals surface area contributed by atoms with Gasteiger partial charge in [0.05, 0.1) is 25.4 Å². The summed E-state index contributed by atoms with van der Waals surface area (Å²) in [6.07, 6.45) is 2.94. The molecule has 3 rings (SSSR count). The molecule has 2 aliphatic heterocycles. The first kappa shape index (κ1) is 11.9. The van der Waals surface area contributed by atoms with Gasteiger partial charge in [-0.1, -0.05) is 0 Å². The third-order valence-electron chi connectivity index (χ3n) is 3.67. The van der Waals surface area contributed by atoms with Crippen LogP contribution in [0.4, 0.5) is 5.82 Å². The number of hydrogen-bond donors (Lipinski definition) is 1. The molecule has 2 atom stereocenters. The topological polar surface area (TPSA) is 84.4 Å². The molecule has 0 unspecified atom stereocenters. The van der Waals surface area contributed by atoms with E-state index in [9.17, 15) is 9.59 Å². The zero-order chi connectivity index (χ0) is 13.4. The molecule has 0 bridgehead atoms. The van der Waals surface area contributed by atoms with Gasteiger partial charge in [-0.05, 0) is 0 Å². The first-order valence-corrected chi connectivity index (χ1v) is 6.12. The third kappa shape index (κ3) is 2.00. The smallest absolute Gasteiger partial charge is 0.358 e. The van der Waals surface area contributed by atoms with E-state index in [0.717, 1.165) is 13.1 Å². The minimum Gasteiger partial charge on any atom is -0.464 e. The third-order valence-corrected chi connectivity index (χ3v) is 3.67. The quantitative estimate of drug-likeness (QED) is 0.720. The fourth-order valence-corrected chi connectivity index (χ4v) is 2.62. The SMILES string of the molecule is COC(=O)c1cnc(N2C[C@@H]3CNC(=O)[C@@H]3C2)cn1. The number of rotatable bonds is 2. The van der Waals surface area contributed by atoms with Gasteiger partial charge in [-0.2, -0.15) is 0 Å². The van der Waals surface area contributed by atoms with Crippen molar-refractivity contribution in [2.75, 3.05) is 31.6 Å². The van der Waals surface area contributed by atoms with Gasteiger partial charge in [-0.25, -0.2) is 14.8 Å². The molecule has 7 heteroatoms.